The quantitative estimate of drug-likeness (QED) is 0.517. The van der Waals surface area contributed by atoms with Crippen molar-refractivity contribution in [3.63, 3.8) is 0 Å². The van der Waals surface area contributed by atoms with Crippen LogP contribution in [0.3, 0.4) is 0 Å². The first-order chi connectivity index (χ1) is 10.5. The lowest BCUT2D eigenvalue weighted by atomic mass is 10.1. The monoisotopic (exact) mass is 328 g/mol. The van der Waals surface area contributed by atoms with Crippen molar-refractivity contribution >= 4 is 46.4 Å². The molecule has 0 radical (unpaired) electrons. The molecule has 110 valence electrons. The number of rotatable bonds is 3. The smallest absolute Gasteiger partial charge is 0.273 e. The van der Waals surface area contributed by atoms with Crippen molar-refractivity contribution in [1.82, 2.24) is 10.6 Å². The van der Waals surface area contributed by atoms with Crippen molar-refractivity contribution in [2.24, 2.45) is 0 Å². The first-order valence-corrected chi connectivity index (χ1v) is 7.80. The van der Waals surface area contributed by atoms with Crippen LogP contribution in [-0.2, 0) is 4.79 Å². The number of thiophene rings is 1. The third-order valence-electron chi connectivity index (χ3n) is 3.21. The Morgan fingerprint density at radius 2 is 1.86 bits per heavy atom. The Morgan fingerprint density at radius 3 is 2.45 bits per heavy atom. The maximum atomic E-state index is 11.6. The van der Waals surface area contributed by atoms with E-state index in [0.717, 1.165) is 15.3 Å². The van der Waals surface area contributed by atoms with E-state index in [2.05, 4.69) is 10.6 Å². The zero-order valence-corrected chi connectivity index (χ0v) is 13.3. The number of hydrogen-bond acceptors (Lipinski definition) is 4. The van der Waals surface area contributed by atoms with E-state index in [9.17, 15) is 9.59 Å². The van der Waals surface area contributed by atoms with Gasteiger partial charge in [0.25, 0.3) is 5.91 Å². The number of hydrogen-bond donors (Lipinski definition) is 2. The average Bonchev–Trinajstić information content (AvgIpc) is 3.06. The van der Waals surface area contributed by atoms with Crippen LogP contribution in [0.4, 0.5) is 0 Å². The molecule has 2 aromatic rings. The van der Waals surface area contributed by atoms with Crippen molar-refractivity contribution < 1.29 is 9.59 Å². The zero-order chi connectivity index (χ0) is 15.7. The third-order valence-corrected chi connectivity index (χ3v) is 4.49. The molecular formula is C16H12N2O2S2. The van der Waals surface area contributed by atoms with Gasteiger partial charge in [0, 0.05) is 15.3 Å². The summed E-state index contributed by atoms with van der Waals surface area (Å²) in [5.41, 5.74) is 2.19. The number of carbonyl (C=O) groups is 2. The van der Waals surface area contributed by atoms with E-state index >= 15 is 0 Å². The molecule has 4 nitrogen and oxygen atoms in total. The highest BCUT2D eigenvalue weighted by atomic mass is 32.1. The maximum absolute atomic E-state index is 11.6. The summed E-state index contributed by atoms with van der Waals surface area (Å²) in [6, 6.07) is 11.4. The molecule has 1 aromatic carbocycles. The maximum Gasteiger partial charge on any atom is 0.273 e. The SMILES string of the molecule is CC(=O)c1ccc(-c2ccc(/C=C3/NC(=S)NC3=O)s2)cc1. The minimum atomic E-state index is -0.217. The van der Waals surface area contributed by atoms with Crippen molar-refractivity contribution in [3.8, 4) is 10.4 Å². The summed E-state index contributed by atoms with van der Waals surface area (Å²) in [5.74, 6) is -0.164. The molecule has 1 saturated heterocycles. The van der Waals surface area contributed by atoms with Crippen molar-refractivity contribution in [2.75, 3.05) is 0 Å². The Labute approximate surface area is 136 Å². The standard InChI is InChI=1S/C16H12N2O2S2/c1-9(19)10-2-4-11(5-3-10)14-7-6-12(22-14)8-13-15(20)18-16(21)17-13/h2-8H,1H3,(H2,17,18,20,21)/b13-8+. The fourth-order valence-electron chi connectivity index (χ4n) is 2.08. The third kappa shape index (κ3) is 2.98. The molecule has 0 spiro atoms. The normalized spacial score (nSPS) is 15.8. The minimum Gasteiger partial charge on any atom is -0.328 e. The molecule has 2 N–H and O–H groups in total. The lowest BCUT2D eigenvalue weighted by Crippen LogP contribution is -2.21. The number of thiocarbonyl (C=S) groups is 1. The molecular weight excluding hydrogens is 316 g/mol. The molecule has 1 aromatic heterocycles. The summed E-state index contributed by atoms with van der Waals surface area (Å²) in [6.07, 6.45) is 1.77. The largest absolute Gasteiger partial charge is 0.328 e. The molecule has 1 amide bonds. The average molecular weight is 328 g/mol. The van der Waals surface area contributed by atoms with Crippen LogP contribution in [0, 0.1) is 0 Å². The van der Waals surface area contributed by atoms with Gasteiger partial charge >= 0.3 is 0 Å². The van der Waals surface area contributed by atoms with Crippen LogP contribution < -0.4 is 10.6 Å². The first-order valence-electron chi connectivity index (χ1n) is 6.58. The molecule has 0 atom stereocenters. The molecule has 1 fully saturated rings. The highest BCUT2D eigenvalue weighted by Crippen LogP contribution is 2.29. The Hall–Kier alpha value is -2.31. The summed E-state index contributed by atoms with van der Waals surface area (Å²) < 4.78 is 0. The van der Waals surface area contributed by atoms with E-state index < -0.39 is 0 Å². The lowest BCUT2D eigenvalue weighted by molar-refractivity contribution is -0.115. The van der Waals surface area contributed by atoms with Crippen LogP contribution in [0.5, 0.6) is 0 Å². The lowest BCUT2D eigenvalue weighted by Gasteiger charge is -1.99. The van der Waals surface area contributed by atoms with Gasteiger partial charge in [0.1, 0.15) is 5.70 Å². The van der Waals surface area contributed by atoms with E-state index in [0.29, 0.717) is 16.4 Å². The molecule has 0 unspecified atom stereocenters. The van der Waals surface area contributed by atoms with Crippen molar-refractivity contribution in [2.45, 2.75) is 6.92 Å². The van der Waals surface area contributed by atoms with Crippen LogP contribution in [0.15, 0.2) is 42.1 Å². The number of nitrogens with one attached hydrogen (secondary N) is 2. The van der Waals surface area contributed by atoms with E-state index in [1.807, 2.05) is 36.4 Å². The first kappa shape index (κ1) is 14.6. The summed E-state index contributed by atoms with van der Waals surface area (Å²) in [5, 5.41) is 5.68. The van der Waals surface area contributed by atoms with Crippen LogP contribution >= 0.6 is 23.6 Å². The second-order valence-electron chi connectivity index (χ2n) is 4.80. The molecule has 1 aliphatic rings. The zero-order valence-electron chi connectivity index (χ0n) is 11.7. The van der Waals surface area contributed by atoms with Gasteiger partial charge in [0.05, 0.1) is 0 Å². The van der Waals surface area contributed by atoms with Gasteiger partial charge in [-0.25, -0.2) is 0 Å². The second-order valence-corrected chi connectivity index (χ2v) is 6.33. The Kier molecular flexibility index (Phi) is 3.87. The van der Waals surface area contributed by atoms with E-state index in [1.165, 1.54) is 0 Å². The topological polar surface area (TPSA) is 58.2 Å². The summed E-state index contributed by atoms with van der Waals surface area (Å²) in [4.78, 5) is 24.9. The van der Waals surface area contributed by atoms with Gasteiger partial charge in [-0.15, -0.1) is 11.3 Å². The Balaban J connectivity index is 1.85. The van der Waals surface area contributed by atoms with Gasteiger partial charge in [-0.3, -0.25) is 14.9 Å². The van der Waals surface area contributed by atoms with E-state index in [1.54, 1.807) is 24.3 Å². The van der Waals surface area contributed by atoms with Crippen LogP contribution in [0.2, 0.25) is 0 Å². The number of benzene rings is 1. The molecule has 3 rings (SSSR count). The highest BCUT2D eigenvalue weighted by Gasteiger charge is 2.20. The van der Waals surface area contributed by atoms with Crippen LogP contribution in [-0.4, -0.2) is 16.8 Å². The van der Waals surface area contributed by atoms with Gasteiger partial charge in [0.2, 0.25) is 0 Å². The minimum absolute atomic E-state index is 0.0532. The van der Waals surface area contributed by atoms with E-state index in [-0.39, 0.29) is 11.7 Å². The van der Waals surface area contributed by atoms with Gasteiger partial charge in [0.15, 0.2) is 10.9 Å². The van der Waals surface area contributed by atoms with Gasteiger partial charge in [-0.1, -0.05) is 24.3 Å². The number of Topliss-reactive ketones (excluding diaryl/α,β-unsaturated/α-hetero) is 1. The van der Waals surface area contributed by atoms with Gasteiger partial charge in [-0.05, 0) is 42.9 Å². The molecule has 0 bridgehead atoms. The Morgan fingerprint density at radius 1 is 1.14 bits per heavy atom. The second kappa shape index (κ2) is 5.82. The fourth-order valence-corrected chi connectivity index (χ4v) is 3.24. The highest BCUT2D eigenvalue weighted by molar-refractivity contribution is 7.80. The summed E-state index contributed by atoms with van der Waals surface area (Å²) in [7, 11) is 0. The Bertz CT molecular complexity index is 804. The molecule has 2 heterocycles. The summed E-state index contributed by atoms with van der Waals surface area (Å²) in [6.45, 7) is 1.55. The van der Waals surface area contributed by atoms with Gasteiger partial charge < -0.3 is 5.32 Å². The van der Waals surface area contributed by atoms with Crippen LogP contribution in [0.1, 0.15) is 22.2 Å². The molecule has 0 saturated carbocycles. The van der Waals surface area contributed by atoms with Crippen LogP contribution in [0.25, 0.3) is 16.5 Å². The molecule has 1 aliphatic heterocycles. The van der Waals surface area contributed by atoms with E-state index in [4.69, 9.17) is 12.2 Å². The van der Waals surface area contributed by atoms with Crippen molar-refractivity contribution in [3.05, 3.63) is 52.5 Å². The summed E-state index contributed by atoms with van der Waals surface area (Å²) >= 11 is 6.46. The predicted molar refractivity (Wildman–Crippen MR) is 91.6 cm³/mol. The fraction of sp³-hybridized carbons (Fsp3) is 0.0625. The van der Waals surface area contributed by atoms with Gasteiger partial charge in [-0.2, -0.15) is 0 Å². The molecule has 6 heteroatoms. The molecule has 22 heavy (non-hydrogen) atoms. The number of ketones is 1. The predicted octanol–water partition coefficient (Wildman–Crippen LogP) is 2.96. The number of carbonyl (C=O) groups excluding carboxylic acids is 2. The van der Waals surface area contributed by atoms with Crippen molar-refractivity contribution in [1.29, 1.82) is 0 Å². The number of amides is 1. The molecule has 0 aliphatic carbocycles.